The van der Waals surface area contributed by atoms with Gasteiger partial charge >= 0.3 is 0 Å². The lowest BCUT2D eigenvalue weighted by Gasteiger charge is -2.04. The van der Waals surface area contributed by atoms with Crippen molar-refractivity contribution < 1.29 is 13.2 Å². The standard InChI is InChI=1S/C17H17N3O3S/c1-24(22,23)11-10-20-9-8-16(19-20)18-17(21)15-7-6-13-4-2-3-5-14(13)12-15/h2-9,12H,10-11H2,1H3,(H,18,19,21). The van der Waals surface area contributed by atoms with E-state index in [0.717, 1.165) is 10.8 Å². The predicted molar refractivity (Wildman–Crippen MR) is 93.8 cm³/mol. The maximum Gasteiger partial charge on any atom is 0.256 e. The Bertz CT molecular complexity index is 993. The van der Waals surface area contributed by atoms with E-state index in [1.165, 1.54) is 10.9 Å². The first-order valence-electron chi connectivity index (χ1n) is 7.42. The molecule has 1 aromatic heterocycles. The van der Waals surface area contributed by atoms with Gasteiger partial charge in [-0.05, 0) is 22.9 Å². The topological polar surface area (TPSA) is 81.1 Å². The lowest BCUT2D eigenvalue weighted by Crippen LogP contribution is -2.14. The van der Waals surface area contributed by atoms with Crippen molar-refractivity contribution in [2.24, 2.45) is 0 Å². The van der Waals surface area contributed by atoms with Gasteiger partial charge in [-0.25, -0.2) is 8.42 Å². The third-order valence-corrected chi connectivity index (χ3v) is 4.51. The minimum absolute atomic E-state index is 0.00669. The van der Waals surface area contributed by atoms with Crippen LogP contribution in [0, 0.1) is 0 Å². The van der Waals surface area contributed by atoms with Gasteiger partial charge in [-0.3, -0.25) is 9.48 Å². The summed E-state index contributed by atoms with van der Waals surface area (Å²) < 4.78 is 23.8. The van der Waals surface area contributed by atoms with Gasteiger partial charge < -0.3 is 5.32 Å². The zero-order valence-electron chi connectivity index (χ0n) is 13.1. The van der Waals surface area contributed by atoms with Crippen LogP contribution in [0.5, 0.6) is 0 Å². The number of carbonyl (C=O) groups is 1. The fourth-order valence-electron chi connectivity index (χ4n) is 2.33. The Kier molecular flexibility index (Phi) is 4.35. The summed E-state index contributed by atoms with van der Waals surface area (Å²) in [6.07, 6.45) is 2.82. The van der Waals surface area contributed by atoms with Crippen molar-refractivity contribution in [3.8, 4) is 0 Å². The van der Waals surface area contributed by atoms with Crippen LogP contribution in [0.3, 0.4) is 0 Å². The van der Waals surface area contributed by atoms with Gasteiger partial charge in [0, 0.05) is 24.1 Å². The Morgan fingerprint density at radius 1 is 1.12 bits per heavy atom. The summed E-state index contributed by atoms with van der Waals surface area (Å²) in [5.74, 6) is 0.142. The van der Waals surface area contributed by atoms with Gasteiger partial charge in [-0.2, -0.15) is 5.10 Å². The van der Waals surface area contributed by atoms with Crippen molar-refractivity contribution in [2.75, 3.05) is 17.3 Å². The number of anilines is 1. The molecule has 0 fully saturated rings. The zero-order chi connectivity index (χ0) is 17.2. The first kappa shape index (κ1) is 16.2. The summed E-state index contributed by atoms with van der Waals surface area (Å²) in [7, 11) is -3.05. The SMILES string of the molecule is CS(=O)(=O)CCn1ccc(NC(=O)c2ccc3ccccc3c2)n1. The van der Waals surface area contributed by atoms with Crippen LogP contribution in [0.4, 0.5) is 5.82 Å². The van der Waals surface area contributed by atoms with Gasteiger partial charge in [0.1, 0.15) is 9.84 Å². The van der Waals surface area contributed by atoms with Gasteiger partial charge in [-0.15, -0.1) is 0 Å². The van der Waals surface area contributed by atoms with Crippen molar-refractivity contribution in [2.45, 2.75) is 6.54 Å². The molecule has 124 valence electrons. The van der Waals surface area contributed by atoms with E-state index in [9.17, 15) is 13.2 Å². The summed E-state index contributed by atoms with van der Waals surface area (Å²) in [5.41, 5.74) is 0.541. The van der Waals surface area contributed by atoms with Gasteiger partial charge in [0.15, 0.2) is 5.82 Å². The lowest BCUT2D eigenvalue weighted by molar-refractivity contribution is 0.102. The maximum absolute atomic E-state index is 12.3. The predicted octanol–water partition coefficient (Wildman–Crippen LogP) is 2.33. The largest absolute Gasteiger partial charge is 0.305 e. The Labute approximate surface area is 140 Å². The first-order valence-corrected chi connectivity index (χ1v) is 9.48. The van der Waals surface area contributed by atoms with Crippen LogP contribution in [-0.4, -0.2) is 36.1 Å². The number of benzene rings is 2. The smallest absolute Gasteiger partial charge is 0.256 e. The Balaban J connectivity index is 1.71. The fraction of sp³-hybridized carbons (Fsp3) is 0.176. The van der Waals surface area contributed by atoms with Gasteiger partial charge in [0.2, 0.25) is 0 Å². The number of nitrogens with one attached hydrogen (secondary N) is 1. The van der Waals surface area contributed by atoms with Crippen molar-refractivity contribution >= 4 is 32.3 Å². The van der Waals surface area contributed by atoms with Gasteiger partial charge in [0.25, 0.3) is 5.91 Å². The maximum atomic E-state index is 12.3. The van der Waals surface area contributed by atoms with E-state index >= 15 is 0 Å². The highest BCUT2D eigenvalue weighted by Gasteiger charge is 2.09. The molecule has 0 radical (unpaired) electrons. The average molecular weight is 343 g/mol. The molecule has 7 heteroatoms. The molecular formula is C17H17N3O3S. The molecule has 0 saturated heterocycles. The molecule has 0 atom stereocenters. The van der Waals surface area contributed by atoms with Crippen LogP contribution in [0.25, 0.3) is 10.8 Å². The first-order chi connectivity index (χ1) is 11.4. The molecule has 24 heavy (non-hydrogen) atoms. The zero-order valence-corrected chi connectivity index (χ0v) is 14.0. The number of rotatable bonds is 5. The molecule has 1 heterocycles. The van der Waals surface area contributed by atoms with Crippen LogP contribution in [0.15, 0.2) is 54.7 Å². The average Bonchev–Trinajstić information content (AvgIpc) is 2.99. The molecule has 3 aromatic rings. The highest BCUT2D eigenvalue weighted by molar-refractivity contribution is 7.90. The van der Waals surface area contributed by atoms with Crippen LogP contribution in [0.2, 0.25) is 0 Å². The second-order valence-corrected chi connectivity index (χ2v) is 7.87. The molecule has 6 nitrogen and oxygen atoms in total. The lowest BCUT2D eigenvalue weighted by atomic mass is 10.1. The van der Waals surface area contributed by atoms with Crippen molar-refractivity contribution in [1.82, 2.24) is 9.78 Å². The number of sulfone groups is 1. The molecule has 0 aliphatic rings. The number of hydrogen-bond donors (Lipinski definition) is 1. The van der Waals surface area contributed by atoms with E-state index in [4.69, 9.17) is 0 Å². The third-order valence-electron chi connectivity index (χ3n) is 3.59. The molecule has 3 rings (SSSR count). The summed E-state index contributed by atoms with van der Waals surface area (Å²) >= 11 is 0. The van der Waals surface area contributed by atoms with Gasteiger partial charge in [-0.1, -0.05) is 30.3 Å². The number of hydrogen-bond acceptors (Lipinski definition) is 4. The molecule has 0 spiro atoms. The molecular weight excluding hydrogens is 326 g/mol. The third kappa shape index (κ3) is 3.99. The monoisotopic (exact) mass is 343 g/mol. The molecule has 0 bridgehead atoms. The van der Waals surface area contributed by atoms with Crippen molar-refractivity contribution in [3.63, 3.8) is 0 Å². The summed E-state index contributed by atoms with van der Waals surface area (Å²) in [5, 5.41) is 8.94. The quantitative estimate of drug-likeness (QED) is 0.771. The minimum atomic E-state index is -3.05. The molecule has 0 saturated carbocycles. The molecule has 1 N–H and O–H groups in total. The van der Waals surface area contributed by atoms with E-state index < -0.39 is 9.84 Å². The number of carbonyl (C=O) groups excluding carboxylic acids is 1. The van der Waals surface area contributed by atoms with E-state index in [-0.39, 0.29) is 18.2 Å². The summed E-state index contributed by atoms with van der Waals surface area (Å²) in [4.78, 5) is 12.3. The van der Waals surface area contributed by atoms with Crippen LogP contribution >= 0.6 is 0 Å². The fourth-order valence-corrected chi connectivity index (χ4v) is 2.85. The number of fused-ring (bicyclic) bond motifs is 1. The van der Waals surface area contributed by atoms with Crippen LogP contribution < -0.4 is 5.32 Å². The van der Waals surface area contributed by atoms with Gasteiger partial charge in [0.05, 0.1) is 12.3 Å². The molecule has 0 aliphatic heterocycles. The Morgan fingerprint density at radius 2 is 1.88 bits per heavy atom. The van der Waals surface area contributed by atoms with Crippen LogP contribution in [-0.2, 0) is 16.4 Å². The summed E-state index contributed by atoms with van der Waals surface area (Å²) in [6, 6.07) is 14.9. The van der Waals surface area contributed by atoms with E-state index in [0.29, 0.717) is 11.4 Å². The van der Waals surface area contributed by atoms with E-state index in [1.54, 1.807) is 18.3 Å². The molecule has 0 aliphatic carbocycles. The number of aryl methyl sites for hydroxylation is 1. The normalized spacial score (nSPS) is 11.5. The number of nitrogens with zero attached hydrogens (tertiary/aromatic N) is 2. The molecule has 2 aromatic carbocycles. The summed E-state index contributed by atoms with van der Waals surface area (Å²) in [6.45, 7) is 0.255. The Hall–Kier alpha value is -2.67. The second kappa shape index (κ2) is 6.45. The highest BCUT2D eigenvalue weighted by atomic mass is 32.2. The Morgan fingerprint density at radius 3 is 2.62 bits per heavy atom. The number of aromatic nitrogens is 2. The van der Waals surface area contributed by atoms with Crippen molar-refractivity contribution in [1.29, 1.82) is 0 Å². The van der Waals surface area contributed by atoms with E-state index in [2.05, 4.69) is 10.4 Å². The molecule has 1 amide bonds. The number of amides is 1. The highest BCUT2D eigenvalue weighted by Crippen LogP contribution is 2.16. The van der Waals surface area contributed by atoms with Crippen molar-refractivity contribution in [3.05, 3.63) is 60.3 Å². The minimum Gasteiger partial charge on any atom is -0.305 e. The second-order valence-electron chi connectivity index (χ2n) is 5.61. The van der Waals surface area contributed by atoms with Crippen LogP contribution in [0.1, 0.15) is 10.4 Å². The van der Waals surface area contributed by atoms with E-state index in [1.807, 2.05) is 36.4 Å². The molecule has 0 unspecified atom stereocenters.